The maximum Gasteiger partial charge on any atom is 0.339 e. The van der Waals surface area contributed by atoms with Gasteiger partial charge in [-0.25, -0.2) is 13.2 Å². The number of esters is 1. The van der Waals surface area contributed by atoms with E-state index in [0.717, 1.165) is 6.26 Å². The Morgan fingerprint density at radius 3 is 2.47 bits per heavy atom. The molecule has 0 atom stereocenters. The number of carbonyl (C=O) groups excluding carboxylic acids is 2. The van der Waals surface area contributed by atoms with Crippen molar-refractivity contribution in [2.75, 3.05) is 36.6 Å². The Morgan fingerprint density at radius 2 is 1.83 bits per heavy atom. The molecule has 0 bridgehead atoms. The molecule has 0 heterocycles. The molecule has 2 rings (SSSR count). The van der Waals surface area contributed by atoms with Crippen LogP contribution >= 0.6 is 11.6 Å². The molecule has 0 spiro atoms. The van der Waals surface area contributed by atoms with Gasteiger partial charge in [0.25, 0.3) is 0 Å². The minimum absolute atomic E-state index is 0.0668. The summed E-state index contributed by atoms with van der Waals surface area (Å²) >= 11 is 5.96. The molecule has 2 aromatic rings. The van der Waals surface area contributed by atoms with E-state index >= 15 is 0 Å². The Hall–Kier alpha value is -2.78. The van der Waals surface area contributed by atoms with Crippen LogP contribution in [0.15, 0.2) is 42.5 Å². The van der Waals surface area contributed by atoms with Gasteiger partial charge >= 0.3 is 5.97 Å². The van der Waals surface area contributed by atoms with Crippen molar-refractivity contribution < 1.29 is 27.5 Å². The van der Waals surface area contributed by atoms with Crippen LogP contribution in [-0.4, -0.2) is 47.3 Å². The van der Waals surface area contributed by atoms with Gasteiger partial charge < -0.3 is 14.8 Å². The molecule has 0 saturated carbocycles. The minimum atomic E-state index is -3.57. The molecule has 0 aliphatic carbocycles. The topological polar surface area (TPSA) is 102 Å². The van der Waals surface area contributed by atoms with Crippen molar-refractivity contribution in [1.82, 2.24) is 0 Å². The van der Waals surface area contributed by atoms with Crippen molar-refractivity contribution in [2.24, 2.45) is 0 Å². The van der Waals surface area contributed by atoms with Crippen LogP contribution in [0.4, 0.5) is 11.4 Å². The van der Waals surface area contributed by atoms with Crippen molar-refractivity contribution in [3.05, 3.63) is 53.1 Å². The molecule has 162 valence electrons. The third kappa shape index (κ3) is 6.11. The first-order chi connectivity index (χ1) is 14.2. The summed E-state index contributed by atoms with van der Waals surface area (Å²) in [5, 5.41) is 2.87. The normalized spacial score (nSPS) is 10.9. The molecular weight excluding hydrogens is 432 g/mol. The number of nitrogens with one attached hydrogen (secondary N) is 1. The minimum Gasteiger partial charge on any atom is -0.495 e. The Bertz CT molecular complexity index is 1030. The number of hydrogen-bond donors (Lipinski definition) is 1. The summed E-state index contributed by atoms with van der Waals surface area (Å²) in [7, 11) is -0.880. The summed E-state index contributed by atoms with van der Waals surface area (Å²) < 4.78 is 35.6. The van der Waals surface area contributed by atoms with E-state index in [4.69, 9.17) is 16.3 Å². The average Bonchev–Trinajstić information content (AvgIpc) is 2.71. The van der Waals surface area contributed by atoms with E-state index in [1.807, 2.05) is 0 Å². The zero-order valence-corrected chi connectivity index (χ0v) is 18.4. The Balaban J connectivity index is 2.04. The van der Waals surface area contributed by atoms with E-state index in [2.05, 4.69) is 10.1 Å². The zero-order chi connectivity index (χ0) is 22.3. The molecule has 10 heteroatoms. The highest BCUT2D eigenvalue weighted by Gasteiger charge is 2.21. The van der Waals surface area contributed by atoms with E-state index < -0.39 is 16.0 Å². The van der Waals surface area contributed by atoms with E-state index in [0.29, 0.717) is 17.1 Å². The van der Waals surface area contributed by atoms with Gasteiger partial charge in [0, 0.05) is 18.7 Å². The lowest BCUT2D eigenvalue weighted by Crippen LogP contribution is -2.31. The molecule has 0 radical (unpaired) electrons. The number of rotatable bonds is 9. The quantitative estimate of drug-likeness (QED) is 0.583. The number of amides is 1. The first-order valence-corrected chi connectivity index (χ1v) is 11.2. The van der Waals surface area contributed by atoms with Gasteiger partial charge in [-0.05, 0) is 36.8 Å². The molecule has 0 fully saturated rings. The van der Waals surface area contributed by atoms with Gasteiger partial charge in [-0.15, -0.1) is 0 Å². The van der Waals surface area contributed by atoms with E-state index in [1.54, 1.807) is 30.3 Å². The second-order valence-corrected chi connectivity index (χ2v) is 8.66. The number of sulfonamides is 1. The van der Waals surface area contributed by atoms with Crippen LogP contribution in [0.2, 0.25) is 5.02 Å². The number of hydrogen-bond acceptors (Lipinski definition) is 6. The highest BCUT2D eigenvalue weighted by Crippen LogP contribution is 2.29. The van der Waals surface area contributed by atoms with Gasteiger partial charge in [-0.2, -0.15) is 0 Å². The fourth-order valence-corrected chi connectivity index (χ4v) is 3.94. The Labute approximate surface area is 180 Å². The third-order valence-electron chi connectivity index (χ3n) is 4.17. The largest absolute Gasteiger partial charge is 0.495 e. The molecule has 1 N–H and O–H groups in total. The SMILES string of the molecule is COC(=O)c1cc(NC(=O)CCCN(c2ccccc2OC)S(C)(=O)=O)ccc1Cl. The molecule has 2 aromatic carbocycles. The van der Waals surface area contributed by atoms with Gasteiger partial charge in [-0.3, -0.25) is 9.10 Å². The summed E-state index contributed by atoms with van der Waals surface area (Å²) in [6, 6.07) is 11.2. The lowest BCUT2D eigenvalue weighted by Gasteiger charge is -2.24. The lowest BCUT2D eigenvalue weighted by atomic mass is 10.2. The fourth-order valence-electron chi connectivity index (χ4n) is 2.78. The standard InChI is InChI=1S/C20H23ClN2O6S/c1-28-18-8-5-4-7-17(18)23(30(3,26)27)12-6-9-19(24)22-14-10-11-16(21)15(13-14)20(25)29-2/h4-5,7-8,10-11,13H,6,9,12H2,1-3H3,(H,22,24). The summed E-state index contributed by atoms with van der Waals surface area (Å²) in [5.74, 6) is -0.526. The van der Waals surface area contributed by atoms with Gasteiger partial charge in [0.2, 0.25) is 15.9 Å². The molecular formula is C20H23ClN2O6S. The molecule has 0 aliphatic heterocycles. The summed E-state index contributed by atoms with van der Waals surface area (Å²) in [5.41, 5.74) is 0.925. The summed E-state index contributed by atoms with van der Waals surface area (Å²) in [6.45, 7) is 0.0979. The molecule has 0 aliphatic rings. The van der Waals surface area contributed by atoms with Crippen molar-refractivity contribution >= 4 is 44.9 Å². The number of ether oxygens (including phenoxy) is 2. The van der Waals surface area contributed by atoms with E-state index in [1.165, 1.54) is 30.7 Å². The maximum absolute atomic E-state index is 12.3. The van der Waals surface area contributed by atoms with Crippen molar-refractivity contribution in [2.45, 2.75) is 12.8 Å². The molecule has 0 aromatic heterocycles. The number of para-hydroxylation sites is 2. The van der Waals surface area contributed by atoms with Crippen LogP contribution in [0.25, 0.3) is 0 Å². The molecule has 0 saturated heterocycles. The van der Waals surface area contributed by atoms with Crippen LogP contribution in [0.5, 0.6) is 5.75 Å². The second-order valence-electron chi connectivity index (χ2n) is 6.34. The summed E-state index contributed by atoms with van der Waals surface area (Å²) in [4.78, 5) is 24.0. The van der Waals surface area contributed by atoms with Crippen LogP contribution in [0.1, 0.15) is 23.2 Å². The van der Waals surface area contributed by atoms with Crippen molar-refractivity contribution in [1.29, 1.82) is 0 Å². The molecule has 1 amide bonds. The highest BCUT2D eigenvalue weighted by atomic mass is 35.5. The van der Waals surface area contributed by atoms with Crippen LogP contribution in [-0.2, 0) is 19.6 Å². The first-order valence-electron chi connectivity index (χ1n) is 8.95. The molecule has 0 unspecified atom stereocenters. The average molecular weight is 455 g/mol. The van der Waals surface area contributed by atoms with Gasteiger partial charge in [0.05, 0.1) is 36.7 Å². The highest BCUT2D eigenvalue weighted by molar-refractivity contribution is 7.92. The number of carbonyl (C=O) groups is 2. The smallest absolute Gasteiger partial charge is 0.339 e. The Morgan fingerprint density at radius 1 is 1.13 bits per heavy atom. The van der Waals surface area contributed by atoms with Crippen molar-refractivity contribution in [3.63, 3.8) is 0 Å². The molecule has 30 heavy (non-hydrogen) atoms. The van der Waals surface area contributed by atoms with Gasteiger partial charge in [0.1, 0.15) is 5.75 Å². The number of anilines is 2. The monoisotopic (exact) mass is 454 g/mol. The number of benzene rings is 2. The first kappa shape index (κ1) is 23.5. The zero-order valence-electron chi connectivity index (χ0n) is 16.8. The lowest BCUT2D eigenvalue weighted by molar-refractivity contribution is -0.116. The predicted molar refractivity (Wildman–Crippen MR) is 116 cm³/mol. The number of methoxy groups -OCH3 is 2. The third-order valence-corrected chi connectivity index (χ3v) is 5.68. The van der Waals surface area contributed by atoms with Crippen molar-refractivity contribution in [3.8, 4) is 5.75 Å². The van der Waals surface area contributed by atoms with E-state index in [9.17, 15) is 18.0 Å². The van der Waals surface area contributed by atoms with Gasteiger partial charge in [-0.1, -0.05) is 23.7 Å². The van der Waals surface area contributed by atoms with Crippen LogP contribution in [0.3, 0.4) is 0 Å². The molecule has 8 nitrogen and oxygen atoms in total. The fraction of sp³-hybridized carbons (Fsp3) is 0.300. The second kappa shape index (κ2) is 10.3. The predicted octanol–water partition coefficient (Wildman–Crippen LogP) is 3.32. The van der Waals surface area contributed by atoms with E-state index in [-0.39, 0.29) is 35.9 Å². The van der Waals surface area contributed by atoms with Crippen LogP contribution in [0, 0.1) is 0 Å². The van der Waals surface area contributed by atoms with Gasteiger partial charge in [0.15, 0.2) is 0 Å². The van der Waals surface area contributed by atoms with Crippen LogP contribution < -0.4 is 14.4 Å². The summed E-state index contributed by atoms with van der Waals surface area (Å²) in [6.07, 6.45) is 1.44. The Kier molecular flexibility index (Phi) is 8.08. The maximum atomic E-state index is 12.3. The number of nitrogens with zero attached hydrogens (tertiary/aromatic N) is 1. The number of halogens is 1.